The van der Waals surface area contributed by atoms with Crippen molar-refractivity contribution in [2.75, 3.05) is 14.1 Å². The van der Waals surface area contributed by atoms with E-state index in [2.05, 4.69) is 10.3 Å². The minimum atomic E-state index is -0.0511. The zero-order valence-electron chi connectivity index (χ0n) is 12.7. The lowest BCUT2D eigenvalue weighted by Gasteiger charge is -2.11. The van der Waals surface area contributed by atoms with Crippen molar-refractivity contribution in [2.45, 2.75) is 6.61 Å². The third kappa shape index (κ3) is 3.27. The number of rotatable bonds is 4. The number of halogens is 1. The highest BCUT2D eigenvalue weighted by atomic mass is 35.5. The van der Waals surface area contributed by atoms with Crippen molar-refractivity contribution in [1.29, 1.82) is 0 Å². The molecule has 0 aliphatic carbocycles. The van der Waals surface area contributed by atoms with Gasteiger partial charge in [0.2, 0.25) is 0 Å². The quantitative estimate of drug-likeness (QED) is 0.737. The number of nitrogens with zero attached hydrogens (tertiary/aromatic N) is 4. The van der Waals surface area contributed by atoms with Gasteiger partial charge in [0.15, 0.2) is 0 Å². The van der Waals surface area contributed by atoms with Crippen molar-refractivity contribution in [3.63, 3.8) is 0 Å². The maximum Gasteiger partial charge on any atom is 0.253 e. The molecule has 3 aromatic rings. The second-order valence-electron chi connectivity index (χ2n) is 5.27. The molecule has 0 saturated heterocycles. The molecular formula is C16H15ClN4O2. The third-order valence-corrected chi connectivity index (χ3v) is 3.55. The van der Waals surface area contributed by atoms with E-state index in [1.807, 2.05) is 12.1 Å². The fourth-order valence-corrected chi connectivity index (χ4v) is 2.32. The predicted molar refractivity (Wildman–Crippen MR) is 87.3 cm³/mol. The third-order valence-electron chi connectivity index (χ3n) is 3.31. The van der Waals surface area contributed by atoms with Crippen LogP contribution in [0.1, 0.15) is 15.9 Å². The van der Waals surface area contributed by atoms with E-state index in [4.69, 9.17) is 16.4 Å². The van der Waals surface area contributed by atoms with E-state index < -0.39 is 0 Å². The number of carbonyl (C=O) groups is 1. The molecule has 7 heteroatoms. The Kier molecular flexibility index (Phi) is 4.16. The van der Waals surface area contributed by atoms with Gasteiger partial charge in [-0.1, -0.05) is 28.6 Å². The Morgan fingerprint density at radius 2 is 2.09 bits per heavy atom. The summed E-state index contributed by atoms with van der Waals surface area (Å²) in [6.45, 7) is 0.263. The Balaban J connectivity index is 1.79. The standard InChI is InChI=1S/C16H15ClN4O2/c1-20(2)16(22)12-5-3-4-11(8-12)10-23-21-15-9-13(17)6-7-14(15)18-19-21/h3-9H,10H2,1-2H3. The van der Waals surface area contributed by atoms with E-state index in [9.17, 15) is 4.79 Å². The van der Waals surface area contributed by atoms with Crippen molar-refractivity contribution in [3.8, 4) is 0 Å². The summed E-state index contributed by atoms with van der Waals surface area (Å²) in [7, 11) is 3.44. The summed E-state index contributed by atoms with van der Waals surface area (Å²) in [4.78, 5) is 20.5. The Labute approximate surface area is 138 Å². The van der Waals surface area contributed by atoms with Crippen LogP contribution < -0.4 is 4.84 Å². The van der Waals surface area contributed by atoms with Crippen LogP contribution >= 0.6 is 11.6 Å². The Hall–Kier alpha value is -2.60. The van der Waals surface area contributed by atoms with Gasteiger partial charge in [-0.3, -0.25) is 4.79 Å². The van der Waals surface area contributed by atoms with Gasteiger partial charge in [0.05, 0.1) is 0 Å². The molecule has 0 N–H and O–H groups in total. The van der Waals surface area contributed by atoms with Gasteiger partial charge in [0.25, 0.3) is 5.91 Å². The average molecular weight is 331 g/mol. The van der Waals surface area contributed by atoms with E-state index in [0.29, 0.717) is 21.6 Å². The van der Waals surface area contributed by atoms with E-state index in [0.717, 1.165) is 5.56 Å². The lowest BCUT2D eigenvalue weighted by atomic mass is 10.1. The molecule has 1 amide bonds. The number of fused-ring (bicyclic) bond motifs is 1. The van der Waals surface area contributed by atoms with Crippen LogP contribution in [0.3, 0.4) is 0 Å². The molecule has 0 aliphatic heterocycles. The molecule has 0 fully saturated rings. The molecule has 6 nitrogen and oxygen atoms in total. The second kappa shape index (κ2) is 6.26. The number of aromatic nitrogens is 3. The first kappa shape index (κ1) is 15.3. The first-order chi connectivity index (χ1) is 11.0. The van der Waals surface area contributed by atoms with E-state index in [1.54, 1.807) is 44.4 Å². The highest BCUT2D eigenvalue weighted by molar-refractivity contribution is 6.31. The van der Waals surface area contributed by atoms with Gasteiger partial charge in [-0.25, -0.2) is 0 Å². The molecule has 1 heterocycles. The monoisotopic (exact) mass is 330 g/mol. The molecule has 1 aromatic heterocycles. The summed E-state index contributed by atoms with van der Waals surface area (Å²) in [5.74, 6) is -0.0511. The number of carbonyl (C=O) groups excluding carboxylic acids is 1. The summed E-state index contributed by atoms with van der Waals surface area (Å²) in [5.41, 5.74) is 2.87. The van der Waals surface area contributed by atoms with Gasteiger partial charge < -0.3 is 9.74 Å². The van der Waals surface area contributed by atoms with Gasteiger partial charge in [-0.15, -0.1) is 5.10 Å². The lowest BCUT2D eigenvalue weighted by Crippen LogP contribution is -2.22. The first-order valence-electron chi connectivity index (χ1n) is 6.99. The summed E-state index contributed by atoms with van der Waals surface area (Å²) >= 11 is 5.98. The minimum Gasteiger partial charge on any atom is -0.390 e. The molecule has 0 atom stereocenters. The first-order valence-corrected chi connectivity index (χ1v) is 7.37. The highest BCUT2D eigenvalue weighted by Crippen LogP contribution is 2.16. The van der Waals surface area contributed by atoms with Crippen LogP contribution in [0, 0.1) is 0 Å². The largest absolute Gasteiger partial charge is 0.390 e. The molecule has 0 aliphatic rings. The zero-order chi connectivity index (χ0) is 16.4. The van der Waals surface area contributed by atoms with E-state index >= 15 is 0 Å². The van der Waals surface area contributed by atoms with Crippen LogP contribution in [-0.2, 0) is 6.61 Å². The van der Waals surface area contributed by atoms with E-state index in [1.165, 1.54) is 9.75 Å². The van der Waals surface area contributed by atoms with Crippen LogP contribution in [0.4, 0.5) is 0 Å². The molecule has 0 spiro atoms. The van der Waals surface area contributed by atoms with E-state index in [-0.39, 0.29) is 12.5 Å². The second-order valence-corrected chi connectivity index (χ2v) is 5.71. The van der Waals surface area contributed by atoms with Crippen LogP contribution in [0.15, 0.2) is 42.5 Å². The molecule has 23 heavy (non-hydrogen) atoms. The normalized spacial score (nSPS) is 10.7. The summed E-state index contributed by atoms with van der Waals surface area (Å²) in [6, 6.07) is 12.6. The molecule has 0 unspecified atom stereocenters. The zero-order valence-corrected chi connectivity index (χ0v) is 13.5. The molecule has 2 aromatic carbocycles. The van der Waals surface area contributed by atoms with Gasteiger partial charge in [-0.05, 0) is 41.1 Å². The fraction of sp³-hybridized carbons (Fsp3) is 0.188. The molecular weight excluding hydrogens is 316 g/mol. The SMILES string of the molecule is CN(C)C(=O)c1cccc(COn2nnc3ccc(Cl)cc32)c1. The smallest absolute Gasteiger partial charge is 0.253 e. The summed E-state index contributed by atoms with van der Waals surface area (Å²) in [6.07, 6.45) is 0. The Morgan fingerprint density at radius 3 is 2.87 bits per heavy atom. The van der Waals surface area contributed by atoms with Crippen molar-refractivity contribution < 1.29 is 9.63 Å². The van der Waals surface area contributed by atoms with Gasteiger partial charge in [0, 0.05) is 24.7 Å². The van der Waals surface area contributed by atoms with Crippen LogP contribution in [0.2, 0.25) is 5.02 Å². The van der Waals surface area contributed by atoms with Gasteiger partial charge in [0.1, 0.15) is 17.6 Å². The lowest BCUT2D eigenvalue weighted by molar-refractivity contribution is 0.0749. The Morgan fingerprint density at radius 1 is 1.26 bits per heavy atom. The average Bonchev–Trinajstić information content (AvgIpc) is 2.94. The predicted octanol–water partition coefficient (Wildman–Crippen LogP) is 2.42. The van der Waals surface area contributed by atoms with Crippen molar-refractivity contribution in [1.82, 2.24) is 20.1 Å². The molecule has 0 radical (unpaired) electrons. The summed E-state index contributed by atoms with van der Waals surface area (Å²) in [5, 5.41) is 8.54. The molecule has 3 rings (SSSR count). The number of benzene rings is 2. The van der Waals surface area contributed by atoms with Gasteiger partial charge >= 0.3 is 0 Å². The topological polar surface area (TPSA) is 60.2 Å². The number of amides is 1. The molecule has 0 bridgehead atoms. The fourth-order valence-electron chi connectivity index (χ4n) is 2.15. The summed E-state index contributed by atoms with van der Waals surface area (Å²) < 4.78 is 0. The van der Waals surface area contributed by atoms with Crippen molar-refractivity contribution in [3.05, 3.63) is 58.6 Å². The van der Waals surface area contributed by atoms with Crippen LogP contribution in [-0.4, -0.2) is 40.1 Å². The van der Waals surface area contributed by atoms with Crippen LogP contribution in [0.25, 0.3) is 11.0 Å². The maximum atomic E-state index is 12.0. The number of hydrogen-bond acceptors (Lipinski definition) is 4. The molecule has 0 saturated carbocycles. The highest BCUT2D eigenvalue weighted by Gasteiger charge is 2.10. The Bertz CT molecular complexity index is 860. The number of hydrogen-bond donors (Lipinski definition) is 0. The van der Waals surface area contributed by atoms with Crippen LogP contribution in [0.5, 0.6) is 0 Å². The maximum absolute atomic E-state index is 12.0. The molecule has 118 valence electrons. The van der Waals surface area contributed by atoms with Gasteiger partial charge in [-0.2, -0.15) is 0 Å². The van der Waals surface area contributed by atoms with Crippen molar-refractivity contribution in [2.24, 2.45) is 0 Å². The minimum absolute atomic E-state index is 0.0511. The van der Waals surface area contributed by atoms with Crippen molar-refractivity contribution >= 4 is 28.5 Å².